The molecule has 152 valence electrons. The molecule has 1 atom stereocenters. The van der Waals surface area contributed by atoms with Gasteiger partial charge in [0.25, 0.3) is 0 Å². The van der Waals surface area contributed by atoms with Crippen molar-refractivity contribution in [1.82, 2.24) is 19.4 Å². The van der Waals surface area contributed by atoms with Crippen LogP contribution in [-0.2, 0) is 22.5 Å². The second kappa shape index (κ2) is 8.61. The SMILES string of the molecule is COCCn1c([C@@H]2CCN(C(=O)Cc3ccc(OC)cc3)C2)nc2cccnc21. The highest BCUT2D eigenvalue weighted by Gasteiger charge is 2.31. The lowest BCUT2D eigenvalue weighted by Gasteiger charge is -2.17. The molecule has 1 saturated heterocycles. The Labute approximate surface area is 170 Å². The Morgan fingerprint density at radius 1 is 1.21 bits per heavy atom. The van der Waals surface area contributed by atoms with Crippen LogP contribution < -0.4 is 4.74 Å². The number of carbonyl (C=O) groups is 1. The molecular formula is C22H26N4O3. The van der Waals surface area contributed by atoms with Crippen molar-refractivity contribution in [2.24, 2.45) is 0 Å². The average molecular weight is 394 g/mol. The Morgan fingerprint density at radius 2 is 2.03 bits per heavy atom. The number of hydrogen-bond donors (Lipinski definition) is 0. The van der Waals surface area contributed by atoms with Gasteiger partial charge in [0.05, 0.1) is 20.1 Å². The summed E-state index contributed by atoms with van der Waals surface area (Å²) in [5.74, 6) is 2.15. The largest absolute Gasteiger partial charge is 0.497 e. The lowest BCUT2D eigenvalue weighted by molar-refractivity contribution is -0.129. The summed E-state index contributed by atoms with van der Waals surface area (Å²) < 4.78 is 12.6. The molecule has 0 unspecified atom stereocenters. The van der Waals surface area contributed by atoms with Gasteiger partial charge in [0.1, 0.15) is 17.1 Å². The number of fused-ring (bicyclic) bond motifs is 1. The maximum atomic E-state index is 12.8. The fourth-order valence-electron chi connectivity index (χ4n) is 3.92. The first kappa shape index (κ1) is 19.4. The highest BCUT2D eigenvalue weighted by Crippen LogP contribution is 2.29. The molecule has 29 heavy (non-hydrogen) atoms. The maximum Gasteiger partial charge on any atom is 0.227 e. The average Bonchev–Trinajstić information content (AvgIpc) is 3.38. The van der Waals surface area contributed by atoms with Gasteiger partial charge in [0.15, 0.2) is 5.65 Å². The monoisotopic (exact) mass is 394 g/mol. The van der Waals surface area contributed by atoms with Gasteiger partial charge >= 0.3 is 0 Å². The molecule has 3 heterocycles. The number of pyridine rings is 1. The number of carbonyl (C=O) groups excluding carboxylic acids is 1. The van der Waals surface area contributed by atoms with Crippen LogP contribution in [0.25, 0.3) is 11.2 Å². The van der Waals surface area contributed by atoms with Crippen molar-refractivity contribution in [3.63, 3.8) is 0 Å². The second-order valence-electron chi connectivity index (χ2n) is 7.31. The van der Waals surface area contributed by atoms with E-state index in [0.717, 1.165) is 41.3 Å². The first-order valence-corrected chi connectivity index (χ1v) is 9.90. The van der Waals surface area contributed by atoms with Crippen molar-refractivity contribution < 1.29 is 14.3 Å². The van der Waals surface area contributed by atoms with Crippen molar-refractivity contribution in [3.05, 3.63) is 54.0 Å². The molecule has 4 rings (SSSR count). The van der Waals surface area contributed by atoms with Crippen molar-refractivity contribution in [1.29, 1.82) is 0 Å². The van der Waals surface area contributed by atoms with Crippen molar-refractivity contribution in [2.75, 3.05) is 33.9 Å². The smallest absolute Gasteiger partial charge is 0.227 e. The topological polar surface area (TPSA) is 69.5 Å². The van der Waals surface area contributed by atoms with Gasteiger partial charge in [-0.25, -0.2) is 9.97 Å². The lowest BCUT2D eigenvalue weighted by Crippen LogP contribution is -2.30. The summed E-state index contributed by atoms with van der Waals surface area (Å²) in [7, 11) is 3.33. The number of ether oxygens (including phenoxy) is 2. The number of aromatic nitrogens is 3. The van der Waals surface area contributed by atoms with E-state index in [1.165, 1.54) is 0 Å². The summed E-state index contributed by atoms with van der Waals surface area (Å²) in [5, 5.41) is 0. The van der Waals surface area contributed by atoms with Crippen LogP contribution in [0.15, 0.2) is 42.6 Å². The van der Waals surface area contributed by atoms with Crippen LogP contribution in [0.2, 0.25) is 0 Å². The van der Waals surface area contributed by atoms with E-state index < -0.39 is 0 Å². The van der Waals surface area contributed by atoms with E-state index in [9.17, 15) is 4.79 Å². The Morgan fingerprint density at radius 3 is 2.79 bits per heavy atom. The van der Waals surface area contributed by atoms with Crippen LogP contribution in [0.3, 0.4) is 0 Å². The van der Waals surface area contributed by atoms with Gasteiger partial charge in [-0.3, -0.25) is 4.79 Å². The van der Waals surface area contributed by atoms with E-state index in [-0.39, 0.29) is 11.8 Å². The van der Waals surface area contributed by atoms with E-state index >= 15 is 0 Å². The van der Waals surface area contributed by atoms with Gasteiger partial charge in [0, 0.05) is 38.9 Å². The van der Waals surface area contributed by atoms with Crippen molar-refractivity contribution in [3.8, 4) is 5.75 Å². The molecule has 3 aromatic rings. The van der Waals surface area contributed by atoms with Crippen LogP contribution in [0.1, 0.15) is 23.7 Å². The Kier molecular flexibility index (Phi) is 5.76. The number of benzene rings is 1. The first-order valence-electron chi connectivity index (χ1n) is 9.90. The van der Waals surface area contributed by atoms with E-state index in [2.05, 4.69) is 9.55 Å². The normalized spacial score (nSPS) is 16.5. The summed E-state index contributed by atoms with van der Waals surface area (Å²) >= 11 is 0. The molecule has 1 amide bonds. The quantitative estimate of drug-likeness (QED) is 0.616. The summed E-state index contributed by atoms with van der Waals surface area (Å²) in [5.41, 5.74) is 2.76. The van der Waals surface area contributed by atoms with Crippen LogP contribution >= 0.6 is 0 Å². The molecular weight excluding hydrogens is 368 g/mol. The summed E-state index contributed by atoms with van der Waals surface area (Å²) in [6, 6.07) is 11.6. The van der Waals surface area contributed by atoms with E-state index in [4.69, 9.17) is 14.5 Å². The zero-order valence-corrected chi connectivity index (χ0v) is 16.9. The van der Waals surface area contributed by atoms with Crippen molar-refractivity contribution >= 4 is 17.1 Å². The molecule has 0 saturated carbocycles. The lowest BCUT2D eigenvalue weighted by atomic mass is 10.1. The predicted octanol–water partition coefficient (Wildman–Crippen LogP) is 2.64. The highest BCUT2D eigenvalue weighted by molar-refractivity contribution is 5.79. The minimum Gasteiger partial charge on any atom is -0.497 e. The standard InChI is InChI=1S/C22H26N4O3/c1-28-13-12-26-21(24-19-4-3-10-23-22(19)26)17-9-11-25(15-17)20(27)14-16-5-7-18(29-2)8-6-16/h3-8,10,17H,9,11-15H2,1-2H3/t17-/m1/s1. The number of hydrogen-bond acceptors (Lipinski definition) is 5. The van der Waals surface area contributed by atoms with Crippen molar-refractivity contribution in [2.45, 2.75) is 25.3 Å². The molecule has 1 fully saturated rings. The predicted molar refractivity (Wildman–Crippen MR) is 110 cm³/mol. The summed E-state index contributed by atoms with van der Waals surface area (Å²) in [4.78, 5) is 24.1. The Bertz CT molecular complexity index is 983. The molecule has 0 spiro atoms. The molecule has 7 nitrogen and oxygen atoms in total. The van der Waals surface area contributed by atoms with Gasteiger partial charge < -0.3 is 18.9 Å². The van der Waals surface area contributed by atoms with E-state index in [0.29, 0.717) is 26.1 Å². The first-order chi connectivity index (χ1) is 14.2. The van der Waals surface area contributed by atoms with Gasteiger partial charge in [-0.15, -0.1) is 0 Å². The zero-order valence-electron chi connectivity index (χ0n) is 16.9. The molecule has 0 radical (unpaired) electrons. The Balaban J connectivity index is 1.48. The molecule has 0 bridgehead atoms. The number of nitrogens with zero attached hydrogens (tertiary/aromatic N) is 4. The highest BCUT2D eigenvalue weighted by atomic mass is 16.5. The number of rotatable bonds is 7. The minimum absolute atomic E-state index is 0.148. The molecule has 1 aliphatic heterocycles. The number of methoxy groups -OCH3 is 2. The van der Waals surface area contributed by atoms with Crippen LogP contribution in [-0.4, -0.2) is 59.3 Å². The number of imidazole rings is 1. The number of amides is 1. The molecule has 2 aromatic heterocycles. The summed E-state index contributed by atoms with van der Waals surface area (Å²) in [6.45, 7) is 2.74. The fourth-order valence-corrected chi connectivity index (χ4v) is 3.92. The van der Waals surface area contributed by atoms with Gasteiger partial charge in [-0.2, -0.15) is 0 Å². The molecule has 0 N–H and O–H groups in total. The van der Waals surface area contributed by atoms with Gasteiger partial charge in [-0.05, 0) is 36.2 Å². The minimum atomic E-state index is 0.148. The molecule has 7 heteroatoms. The van der Waals surface area contributed by atoms with Crippen LogP contribution in [0.5, 0.6) is 5.75 Å². The van der Waals surface area contributed by atoms with Gasteiger partial charge in [-0.1, -0.05) is 12.1 Å². The fraction of sp³-hybridized carbons (Fsp3) is 0.409. The van der Waals surface area contributed by atoms with Crippen LogP contribution in [0.4, 0.5) is 0 Å². The molecule has 1 aliphatic rings. The van der Waals surface area contributed by atoms with E-state index in [1.54, 1.807) is 20.4 Å². The second-order valence-corrected chi connectivity index (χ2v) is 7.31. The Hall–Kier alpha value is -2.93. The van der Waals surface area contributed by atoms with Crippen LogP contribution in [0, 0.1) is 0 Å². The third-order valence-corrected chi connectivity index (χ3v) is 5.47. The number of likely N-dealkylation sites (tertiary alicyclic amines) is 1. The summed E-state index contributed by atoms with van der Waals surface area (Å²) in [6.07, 6.45) is 3.10. The zero-order chi connectivity index (χ0) is 20.2. The maximum absolute atomic E-state index is 12.8. The molecule has 0 aliphatic carbocycles. The molecule has 1 aromatic carbocycles. The van der Waals surface area contributed by atoms with Gasteiger partial charge in [0.2, 0.25) is 5.91 Å². The van der Waals surface area contributed by atoms with E-state index in [1.807, 2.05) is 41.3 Å². The third-order valence-electron chi connectivity index (χ3n) is 5.47. The third kappa shape index (κ3) is 4.10.